The van der Waals surface area contributed by atoms with Crippen molar-refractivity contribution in [3.63, 3.8) is 0 Å². The zero-order valence-electron chi connectivity index (χ0n) is 11.7. The topological polar surface area (TPSA) is 26.0 Å². The Bertz CT molecular complexity index is 570. The zero-order valence-corrected chi connectivity index (χ0v) is 11.7. The van der Waals surface area contributed by atoms with Gasteiger partial charge in [0.2, 0.25) is 0 Å². The van der Waals surface area contributed by atoms with Crippen LogP contribution in [0.1, 0.15) is 33.9 Å². The molecular formula is C17H20FN. The molecule has 2 aromatic rings. The predicted molar refractivity (Wildman–Crippen MR) is 77.7 cm³/mol. The van der Waals surface area contributed by atoms with Gasteiger partial charge < -0.3 is 5.73 Å². The number of nitrogens with two attached hydrogens (primary N) is 1. The Labute approximate surface area is 114 Å². The third kappa shape index (κ3) is 3.42. The second kappa shape index (κ2) is 5.54. The quantitative estimate of drug-likeness (QED) is 0.884. The van der Waals surface area contributed by atoms with Crippen molar-refractivity contribution >= 4 is 0 Å². The van der Waals surface area contributed by atoms with E-state index < -0.39 is 0 Å². The summed E-state index contributed by atoms with van der Waals surface area (Å²) in [6.07, 6.45) is 0.726. The van der Waals surface area contributed by atoms with Crippen molar-refractivity contribution in [1.82, 2.24) is 0 Å². The van der Waals surface area contributed by atoms with Crippen molar-refractivity contribution in [3.8, 4) is 0 Å². The van der Waals surface area contributed by atoms with Crippen molar-refractivity contribution in [2.45, 2.75) is 33.2 Å². The van der Waals surface area contributed by atoms with Crippen LogP contribution in [0.2, 0.25) is 0 Å². The molecule has 0 aliphatic carbocycles. The van der Waals surface area contributed by atoms with Crippen molar-refractivity contribution in [2.75, 3.05) is 0 Å². The highest BCUT2D eigenvalue weighted by molar-refractivity contribution is 5.32. The lowest BCUT2D eigenvalue weighted by atomic mass is 9.96. The number of aryl methyl sites for hydroxylation is 3. The standard InChI is InChI=1S/C17H20FN/c1-11-6-15(10-16(18)7-11)17(19)9-14-5-4-12(2)13(3)8-14/h4-8,10,17H,9,19H2,1-3H3. The molecule has 0 bridgehead atoms. The van der Waals surface area contributed by atoms with Gasteiger partial charge in [-0.25, -0.2) is 4.39 Å². The van der Waals surface area contributed by atoms with Crippen molar-refractivity contribution < 1.29 is 4.39 Å². The van der Waals surface area contributed by atoms with E-state index in [1.165, 1.54) is 28.8 Å². The SMILES string of the molecule is Cc1cc(F)cc(C(N)Cc2ccc(C)c(C)c2)c1. The van der Waals surface area contributed by atoms with Crippen molar-refractivity contribution in [2.24, 2.45) is 5.73 Å². The van der Waals surface area contributed by atoms with Crippen LogP contribution in [0.5, 0.6) is 0 Å². The van der Waals surface area contributed by atoms with E-state index in [1.807, 2.05) is 13.0 Å². The van der Waals surface area contributed by atoms with E-state index in [4.69, 9.17) is 5.73 Å². The van der Waals surface area contributed by atoms with Gasteiger partial charge in [-0.3, -0.25) is 0 Å². The first-order valence-corrected chi connectivity index (χ1v) is 6.54. The van der Waals surface area contributed by atoms with Crippen LogP contribution in [-0.2, 0) is 6.42 Å². The first-order valence-electron chi connectivity index (χ1n) is 6.54. The number of halogens is 1. The molecule has 0 spiro atoms. The summed E-state index contributed by atoms with van der Waals surface area (Å²) in [6, 6.07) is 11.2. The first-order chi connectivity index (χ1) is 8.95. The minimum absolute atomic E-state index is 0.170. The highest BCUT2D eigenvalue weighted by Gasteiger charge is 2.09. The Morgan fingerprint density at radius 2 is 1.74 bits per heavy atom. The second-order valence-electron chi connectivity index (χ2n) is 5.29. The van der Waals surface area contributed by atoms with Gasteiger partial charge in [0.05, 0.1) is 0 Å². The van der Waals surface area contributed by atoms with Crippen LogP contribution >= 0.6 is 0 Å². The summed E-state index contributed by atoms with van der Waals surface area (Å²) in [4.78, 5) is 0. The molecule has 19 heavy (non-hydrogen) atoms. The van der Waals surface area contributed by atoms with Gasteiger partial charge in [-0.05, 0) is 67.1 Å². The van der Waals surface area contributed by atoms with Crippen LogP contribution in [0.25, 0.3) is 0 Å². The Kier molecular flexibility index (Phi) is 4.01. The molecule has 2 aromatic carbocycles. The third-order valence-electron chi connectivity index (χ3n) is 3.52. The largest absolute Gasteiger partial charge is 0.324 e. The van der Waals surface area contributed by atoms with Gasteiger partial charge in [-0.1, -0.05) is 24.3 Å². The van der Waals surface area contributed by atoms with Gasteiger partial charge in [0.25, 0.3) is 0 Å². The lowest BCUT2D eigenvalue weighted by molar-refractivity contribution is 0.617. The summed E-state index contributed by atoms with van der Waals surface area (Å²) < 4.78 is 13.4. The molecule has 1 nitrogen and oxygen atoms in total. The fourth-order valence-electron chi connectivity index (χ4n) is 2.28. The van der Waals surface area contributed by atoms with Crippen LogP contribution in [0.4, 0.5) is 4.39 Å². The van der Waals surface area contributed by atoms with E-state index in [1.54, 1.807) is 0 Å². The monoisotopic (exact) mass is 257 g/mol. The van der Waals surface area contributed by atoms with Gasteiger partial charge in [-0.2, -0.15) is 0 Å². The maximum atomic E-state index is 13.4. The minimum Gasteiger partial charge on any atom is -0.324 e. The molecule has 0 saturated heterocycles. The van der Waals surface area contributed by atoms with E-state index in [9.17, 15) is 4.39 Å². The number of benzene rings is 2. The second-order valence-corrected chi connectivity index (χ2v) is 5.29. The number of hydrogen-bond donors (Lipinski definition) is 1. The summed E-state index contributed by atoms with van der Waals surface area (Å²) in [7, 11) is 0. The number of rotatable bonds is 3. The average Bonchev–Trinajstić information content (AvgIpc) is 2.32. The van der Waals surface area contributed by atoms with Gasteiger partial charge in [-0.15, -0.1) is 0 Å². The molecule has 0 radical (unpaired) electrons. The number of hydrogen-bond acceptors (Lipinski definition) is 1. The van der Waals surface area contributed by atoms with Crippen molar-refractivity contribution in [3.05, 3.63) is 70.0 Å². The van der Waals surface area contributed by atoms with Crippen LogP contribution in [0, 0.1) is 26.6 Å². The van der Waals surface area contributed by atoms with Crippen LogP contribution in [0.15, 0.2) is 36.4 Å². The maximum Gasteiger partial charge on any atom is 0.123 e. The molecule has 1 unspecified atom stereocenters. The van der Waals surface area contributed by atoms with E-state index >= 15 is 0 Å². The average molecular weight is 257 g/mol. The van der Waals surface area contributed by atoms with Gasteiger partial charge >= 0.3 is 0 Å². The van der Waals surface area contributed by atoms with Crippen LogP contribution in [-0.4, -0.2) is 0 Å². The maximum absolute atomic E-state index is 13.4. The Hall–Kier alpha value is -1.67. The molecule has 0 heterocycles. The summed E-state index contributed by atoms with van der Waals surface area (Å²) in [6.45, 7) is 6.07. The molecule has 1 atom stereocenters. The van der Waals surface area contributed by atoms with Crippen LogP contribution in [0.3, 0.4) is 0 Å². The Balaban J connectivity index is 2.20. The molecule has 0 aliphatic heterocycles. The lowest BCUT2D eigenvalue weighted by Crippen LogP contribution is -2.14. The Morgan fingerprint density at radius 3 is 2.37 bits per heavy atom. The molecule has 0 fully saturated rings. The molecule has 0 aliphatic rings. The van der Waals surface area contributed by atoms with E-state index in [2.05, 4.69) is 32.0 Å². The summed E-state index contributed by atoms with van der Waals surface area (Å²) >= 11 is 0. The fraction of sp³-hybridized carbons (Fsp3) is 0.294. The fourth-order valence-corrected chi connectivity index (χ4v) is 2.28. The molecular weight excluding hydrogens is 237 g/mol. The van der Waals surface area contributed by atoms with Crippen LogP contribution < -0.4 is 5.73 Å². The van der Waals surface area contributed by atoms with Gasteiger partial charge in [0.15, 0.2) is 0 Å². The molecule has 2 heteroatoms. The molecule has 2 N–H and O–H groups in total. The minimum atomic E-state index is -0.217. The first kappa shape index (κ1) is 13.8. The predicted octanol–water partition coefficient (Wildman–Crippen LogP) is 3.99. The lowest BCUT2D eigenvalue weighted by Gasteiger charge is -2.14. The highest BCUT2D eigenvalue weighted by Crippen LogP contribution is 2.20. The molecule has 100 valence electrons. The summed E-state index contributed by atoms with van der Waals surface area (Å²) in [5, 5.41) is 0. The van der Waals surface area contributed by atoms with Crippen molar-refractivity contribution in [1.29, 1.82) is 0 Å². The third-order valence-corrected chi connectivity index (χ3v) is 3.52. The summed E-state index contributed by atoms with van der Waals surface area (Å²) in [5.41, 5.74) is 11.7. The van der Waals surface area contributed by atoms with E-state index in [-0.39, 0.29) is 11.9 Å². The van der Waals surface area contributed by atoms with E-state index in [0.29, 0.717) is 0 Å². The normalized spacial score (nSPS) is 12.5. The van der Waals surface area contributed by atoms with Gasteiger partial charge in [0, 0.05) is 6.04 Å². The zero-order chi connectivity index (χ0) is 14.0. The molecule has 0 saturated carbocycles. The molecule has 2 rings (SSSR count). The molecule has 0 aromatic heterocycles. The molecule has 0 amide bonds. The Morgan fingerprint density at radius 1 is 1.00 bits per heavy atom. The smallest absolute Gasteiger partial charge is 0.123 e. The van der Waals surface area contributed by atoms with Gasteiger partial charge in [0.1, 0.15) is 5.82 Å². The highest BCUT2D eigenvalue weighted by atomic mass is 19.1. The van der Waals surface area contributed by atoms with E-state index in [0.717, 1.165) is 17.5 Å². The summed E-state index contributed by atoms with van der Waals surface area (Å²) in [5.74, 6) is -0.217.